The SMILES string of the molecule is c1ccc(-c2nc(-n3c4ccccc4c4cc5c(cc43)C3(c4ccccc4S5)c4ccccc4-c4ccccc43)nc3c2sc2ccccc23)cc1. The van der Waals surface area contributed by atoms with Crippen molar-refractivity contribution in [3.8, 4) is 28.3 Å². The van der Waals surface area contributed by atoms with Crippen LogP contribution in [0.25, 0.3) is 70.4 Å². The Morgan fingerprint density at radius 2 is 1.13 bits per heavy atom. The van der Waals surface area contributed by atoms with Crippen molar-refractivity contribution in [1.82, 2.24) is 14.5 Å². The molecule has 1 aliphatic carbocycles. The van der Waals surface area contributed by atoms with Crippen molar-refractivity contribution in [3.05, 3.63) is 186 Å². The van der Waals surface area contributed by atoms with E-state index < -0.39 is 5.41 Å². The number of hydrogen-bond acceptors (Lipinski definition) is 4. The minimum absolute atomic E-state index is 0.469. The van der Waals surface area contributed by atoms with Crippen LogP contribution in [-0.4, -0.2) is 14.5 Å². The summed E-state index contributed by atoms with van der Waals surface area (Å²) in [6, 6.07) is 59.8. The van der Waals surface area contributed by atoms with Crippen LogP contribution in [0.5, 0.6) is 0 Å². The van der Waals surface area contributed by atoms with Gasteiger partial charge in [0.15, 0.2) is 0 Å². The molecule has 12 rings (SSSR count). The molecule has 5 heteroatoms. The number of nitrogens with zero attached hydrogens (tertiary/aromatic N) is 3. The summed E-state index contributed by atoms with van der Waals surface area (Å²) >= 11 is 3.66. The molecule has 10 aromatic rings. The molecule has 0 fully saturated rings. The van der Waals surface area contributed by atoms with Crippen LogP contribution in [0.2, 0.25) is 0 Å². The van der Waals surface area contributed by atoms with Crippen LogP contribution < -0.4 is 0 Å². The average molecular weight is 698 g/mol. The van der Waals surface area contributed by atoms with Gasteiger partial charge in [-0.1, -0.05) is 145 Å². The molecule has 3 nitrogen and oxygen atoms in total. The van der Waals surface area contributed by atoms with Crippen LogP contribution in [0.3, 0.4) is 0 Å². The van der Waals surface area contributed by atoms with Crippen LogP contribution in [-0.2, 0) is 5.41 Å². The molecule has 0 bridgehead atoms. The first-order valence-electron chi connectivity index (χ1n) is 17.6. The molecule has 1 spiro atoms. The molecule has 2 aliphatic rings. The summed E-state index contributed by atoms with van der Waals surface area (Å²) in [6.07, 6.45) is 0. The minimum atomic E-state index is -0.469. The standard InChI is InChI=1S/C47H27N3S2/c1-2-14-28(15-3-1)43-45-44(32-19-7-12-24-40(32)52-45)49-46(48-43)50-38-23-11-6-18-31(38)33-26-42-37(27-39(33)50)47(36-22-10-13-25-41(36)51-42)34-20-8-4-16-29(34)30-17-5-9-21-35(30)47/h1-27H. The quantitative estimate of drug-likeness (QED) is 0.180. The minimum Gasteiger partial charge on any atom is -0.278 e. The largest absolute Gasteiger partial charge is 0.278 e. The van der Waals surface area contributed by atoms with Gasteiger partial charge in [0.2, 0.25) is 5.95 Å². The monoisotopic (exact) mass is 697 g/mol. The molecule has 3 aromatic heterocycles. The second kappa shape index (κ2) is 10.5. The molecule has 0 radical (unpaired) electrons. The Hall–Kier alpha value is -6.01. The van der Waals surface area contributed by atoms with Gasteiger partial charge >= 0.3 is 0 Å². The summed E-state index contributed by atoms with van der Waals surface area (Å²) < 4.78 is 4.64. The van der Waals surface area contributed by atoms with E-state index in [-0.39, 0.29) is 0 Å². The highest BCUT2D eigenvalue weighted by molar-refractivity contribution is 7.99. The first-order chi connectivity index (χ1) is 25.8. The average Bonchev–Trinajstić information content (AvgIpc) is 3.84. The fraction of sp³-hybridized carbons (Fsp3) is 0.0213. The van der Waals surface area contributed by atoms with E-state index in [4.69, 9.17) is 9.97 Å². The van der Waals surface area contributed by atoms with Gasteiger partial charge in [-0.3, -0.25) is 4.57 Å². The van der Waals surface area contributed by atoms with E-state index in [9.17, 15) is 0 Å². The third-order valence-electron chi connectivity index (χ3n) is 11.1. The van der Waals surface area contributed by atoms with Gasteiger partial charge < -0.3 is 0 Å². The highest BCUT2D eigenvalue weighted by Gasteiger charge is 2.50. The Bertz CT molecular complexity index is 3070. The van der Waals surface area contributed by atoms with Gasteiger partial charge in [-0.25, -0.2) is 9.97 Å². The van der Waals surface area contributed by atoms with Gasteiger partial charge in [0.1, 0.15) is 0 Å². The van der Waals surface area contributed by atoms with E-state index in [2.05, 4.69) is 168 Å². The van der Waals surface area contributed by atoms with Crippen molar-refractivity contribution < 1.29 is 0 Å². The van der Waals surface area contributed by atoms with Crippen molar-refractivity contribution in [2.75, 3.05) is 0 Å². The van der Waals surface area contributed by atoms with Crippen molar-refractivity contribution in [2.24, 2.45) is 0 Å². The summed E-state index contributed by atoms with van der Waals surface area (Å²) in [5.74, 6) is 0.686. The molecule has 0 saturated carbocycles. The zero-order chi connectivity index (χ0) is 34.0. The van der Waals surface area contributed by atoms with E-state index in [1.165, 1.54) is 58.6 Å². The first-order valence-corrected chi connectivity index (χ1v) is 19.2. The molecule has 1 aliphatic heterocycles. The lowest BCUT2D eigenvalue weighted by atomic mass is 9.67. The number of hydrogen-bond donors (Lipinski definition) is 0. The van der Waals surface area contributed by atoms with Crippen LogP contribution in [0.15, 0.2) is 174 Å². The van der Waals surface area contributed by atoms with E-state index in [0.717, 1.165) is 37.9 Å². The molecule has 7 aromatic carbocycles. The Morgan fingerprint density at radius 3 is 1.94 bits per heavy atom. The summed E-state index contributed by atoms with van der Waals surface area (Å²) in [6.45, 7) is 0. The van der Waals surface area contributed by atoms with Gasteiger partial charge in [0.25, 0.3) is 0 Å². The van der Waals surface area contributed by atoms with Gasteiger partial charge in [-0.05, 0) is 63.7 Å². The summed E-state index contributed by atoms with van der Waals surface area (Å²) in [4.78, 5) is 13.5. The fourth-order valence-corrected chi connectivity index (χ4v) is 11.4. The van der Waals surface area contributed by atoms with Gasteiger partial charge in [-0.2, -0.15) is 0 Å². The predicted octanol–water partition coefficient (Wildman–Crippen LogP) is 12.4. The highest BCUT2D eigenvalue weighted by atomic mass is 32.2. The normalized spacial score (nSPS) is 13.8. The number of benzene rings is 7. The van der Waals surface area contributed by atoms with Gasteiger partial charge in [0.05, 0.1) is 32.4 Å². The molecular formula is C47H27N3S2. The lowest BCUT2D eigenvalue weighted by Crippen LogP contribution is -2.32. The molecule has 52 heavy (non-hydrogen) atoms. The topological polar surface area (TPSA) is 30.7 Å². The van der Waals surface area contributed by atoms with E-state index in [1.54, 1.807) is 11.3 Å². The maximum absolute atomic E-state index is 5.48. The Kier molecular flexibility index (Phi) is 5.80. The number of fused-ring (bicyclic) bond motifs is 15. The number of aromatic nitrogens is 3. The molecule has 4 heterocycles. The van der Waals surface area contributed by atoms with E-state index >= 15 is 0 Å². The van der Waals surface area contributed by atoms with E-state index in [1.807, 2.05) is 11.8 Å². The third kappa shape index (κ3) is 3.66. The number of thiophene rings is 1. The fourth-order valence-electron chi connectivity index (χ4n) is 9.00. The lowest BCUT2D eigenvalue weighted by molar-refractivity contribution is 0.723. The Morgan fingerprint density at radius 1 is 0.481 bits per heavy atom. The molecule has 0 saturated heterocycles. The molecule has 0 atom stereocenters. The first kappa shape index (κ1) is 28.7. The zero-order valence-corrected chi connectivity index (χ0v) is 29.4. The molecule has 0 N–H and O–H groups in total. The van der Waals surface area contributed by atoms with Gasteiger partial charge in [-0.15, -0.1) is 11.3 Å². The second-order valence-electron chi connectivity index (χ2n) is 13.7. The molecule has 0 unspecified atom stereocenters. The highest BCUT2D eigenvalue weighted by Crippen LogP contribution is 2.62. The Labute approximate surface area is 307 Å². The summed E-state index contributed by atoms with van der Waals surface area (Å²) in [7, 11) is 0. The predicted molar refractivity (Wildman–Crippen MR) is 216 cm³/mol. The van der Waals surface area contributed by atoms with Crippen LogP contribution in [0.1, 0.15) is 22.3 Å². The van der Waals surface area contributed by atoms with Crippen molar-refractivity contribution >= 4 is 65.2 Å². The summed E-state index contributed by atoms with van der Waals surface area (Å²) in [5.41, 5.74) is 12.7. The Balaban J connectivity index is 1.23. The van der Waals surface area contributed by atoms with Crippen LogP contribution in [0, 0.1) is 0 Å². The third-order valence-corrected chi connectivity index (χ3v) is 13.4. The molecule has 0 amide bonds. The number of para-hydroxylation sites is 1. The van der Waals surface area contributed by atoms with Crippen molar-refractivity contribution in [2.45, 2.75) is 15.2 Å². The maximum Gasteiger partial charge on any atom is 0.235 e. The van der Waals surface area contributed by atoms with Crippen molar-refractivity contribution in [3.63, 3.8) is 0 Å². The van der Waals surface area contributed by atoms with E-state index in [0.29, 0.717) is 5.95 Å². The van der Waals surface area contributed by atoms with Crippen molar-refractivity contribution in [1.29, 1.82) is 0 Å². The van der Waals surface area contributed by atoms with Crippen LogP contribution in [0.4, 0.5) is 0 Å². The van der Waals surface area contributed by atoms with Crippen LogP contribution >= 0.6 is 23.1 Å². The number of rotatable bonds is 2. The zero-order valence-electron chi connectivity index (χ0n) is 27.7. The summed E-state index contributed by atoms with van der Waals surface area (Å²) in [5, 5.41) is 3.56. The van der Waals surface area contributed by atoms with Gasteiger partial charge in [0, 0.05) is 36.2 Å². The maximum atomic E-state index is 5.48. The molecular weight excluding hydrogens is 671 g/mol. The second-order valence-corrected chi connectivity index (χ2v) is 15.8. The molecule has 242 valence electrons. The lowest BCUT2D eigenvalue weighted by Gasteiger charge is -2.39. The smallest absolute Gasteiger partial charge is 0.235 e.